The summed E-state index contributed by atoms with van der Waals surface area (Å²) in [6.07, 6.45) is 2.15. The van der Waals surface area contributed by atoms with Gasteiger partial charge in [0.2, 0.25) is 0 Å². The highest BCUT2D eigenvalue weighted by atomic mass is 32.2. The first-order valence-electron chi connectivity index (χ1n) is 3.54. The molecule has 0 aliphatic carbocycles. The van der Waals surface area contributed by atoms with Gasteiger partial charge in [-0.05, 0) is 12.1 Å². The topological polar surface area (TPSA) is 114 Å². The molecular weight excluding hydrogens is 226 g/mol. The second-order valence-electron chi connectivity index (χ2n) is 2.33. The zero-order chi connectivity index (χ0) is 11.9. The van der Waals surface area contributed by atoms with Crippen LogP contribution in [0.15, 0.2) is 24.4 Å². The standard InChI is InChI=1S/C6H5NO3.CH4O3S/c8-6(10-9)5-3-1-2-4-7-5;1-5(2,3)4/h1-4,9H;1H3,(H,2,3,4). The Morgan fingerprint density at radius 1 is 1.47 bits per heavy atom. The molecule has 0 saturated carbocycles. The number of aromatic nitrogens is 1. The van der Waals surface area contributed by atoms with Crippen molar-refractivity contribution in [1.82, 2.24) is 4.98 Å². The Hall–Kier alpha value is -1.51. The maximum atomic E-state index is 10.5. The number of hydrogen-bond donors (Lipinski definition) is 2. The van der Waals surface area contributed by atoms with Crippen molar-refractivity contribution in [3.63, 3.8) is 0 Å². The maximum absolute atomic E-state index is 10.5. The van der Waals surface area contributed by atoms with E-state index in [0.29, 0.717) is 6.26 Å². The molecule has 0 unspecified atom stereocenters. The van der Waals surface area contributed by atoms with E-state index < -0.39 is 16.1 Å². The summed E-state index contributed by atoms with van der Waals surface area (Å²) in [6, 6.07) is 4.73. The molecule has 0 aliphatic rings. The van der Waals surface area contributed by atoms with Crippen LogP contribution in [-0.2, 0) is 15.0 Å². The van der Waals surface area contributed by atoms with E-state index in [0.717, 1.165) is 0 Å². The van der Waals surface area contributed by atoms with Crippen LogP contribution in [0.2, 0.25) is 0 Å². The molecule has 84 valence electrons. The van der Waals surface area contributed by atoms with Crippen molar-refractivity contribution in [3.05, 3.63) is 30.1 Å². The van der Waals surface area contributed by atoms with E-state index in [-0.39, 0.29) is 5.69 Å². The van der Waals surface area contributed by atoms with Gasteiger partial charge < -0.3 is 0 Å². The van der Waals surface area contributed by atoms with Crippen LogP contribution >= 0.6 is 0 Å². The SMILES string of the molecule is CS(=O)(=O)O.O=C(OO)c1ccccn1. The molecule has 0 bridgehead atoms. The molecule has 0 amide bonds. The quantitative estimate of drug-likeness (QED) is 0.406. The van der Waals surface area contributed by atoms with Crippen LogP contribution in [0.4, 0.5) is 0 Å². The van der Waals surface area contributed by atoms with Gasteiger partial charge in [-0.3, -0.25) is 9.44 Å². The van der Waals surface area contributed by atoms with E-state index in [1.165, 1.54) is 12.3 Å². The van der Waals surface area contributed by atoms with Crippen LogP contribution in [-0.4, -0.2) is 35.4 Å². The number of carbonyl (C=O) groups is 1. The Labute approximate surface area is 86.0 Å². The van der Waals surface area contributed by atoms with Crippen molar-refractivity contribution in [3.8, 4) is 0 Å². The number of hydrogen-bond acceptors (Lipinski definition) is 6. The second-order valence-corrected chi connectivity index (χ2v) is 3.79. The summed E-state index contributed by atoms with van der Waals surface area (Å²) < 4.78 is 25.9. The Bertz CT molecular complexity index is 393. The van der Waals surface area contributed by atoms with Gasteiger partial charge in [0.25, 0.3) is 10.1 Å². The van der Waals surface area contributed by atoms with Crippen LogP contribution in [0.25, 0.3) is 0 Å². The fourth-order valence-electron chi connectivity index (χ4n) is 0.530. The Morgan fingerprint density at radius 3 is 2.33 bits per heavy atom. The molecule has 1 heterocycles. The van der Waals surface area contributed by atoms with E-state index in [2.05, 4.69) is 9.87 Å². The predicted molar refractivity (Wildman–Crippen MR) is 49.8 cm³/mol. The average molecular weight is 235 g/mol. The van der Waals surface area contributed by atoms with Gasteiger partial charge in [0, 0.05) is 6.20 Å². The smallest absolute Gasteiger partial charge is 0.294 e. The van der Waals surface area contributed by atoms with Crippen molar-refractivity contribution < 1.29 is 27.9 Å². The highest BCUT2D eigenvalue weighted by molar-refractivity contribution is 7.85. The largest absolute Gasteiger partial charge is 0.390 e. The molecule has 1 aromatic rings. The van der Waals surface area contributed by atoms with Crippen molar-refractivity contribution in [2.24, 2.45) is 0 Å². The van der Waals surface area contributed by atoms with Gasteiger partial charge in [-0.2, -0.15) is 13.7 Å². The average Bonchev–Trinajstić information content (AvgIpc) is 2.15. The Kier molecular flexibility index (Phi) is 5.45. The lowest BCUT2D eigenvalue weighted by Crippen LogP contribution is -2.03. The third-order valence-electron chi connectivity index (χ3n) is 0.957. The molecule has 0 spiro atoms. The summed E-state index contributed by atoms with van der Waals surface area (Å²) in [7, 11) is -3.67. The normalized spacial score (nSPS) is 9.80. The molecular formula is C7H9NO6S. The lowest BCUT2D eigenvalue weighted by Gasteiger charge is -1.91. The fraction of sp³-hybridized carbons (Fsp3) is 0.143. The van der Waals surface area contributed by atoms with Crippen LogP contribution in [0, 0.1) is 0 Å². The van der Waals surface area contributed by atoms with Crippen molar-refractivity contribution in [2.45, 2.75) is 0 Å². The van der Waals surface area contributed by atoms with Gasteiger partial charge in [-0.25, -0.2) is 9.78 Å². The molecule has 1 rings (SSSR count). The second kappa shape index (κ2) is 6.06. The van der Waals surface area contributed by atoms with E-state index in [9.17, 15) is 13.2 Å². The van der Waals surface area contributed by atoms with Gasteiger partial charge in [-0.15, -0.1) is 0 Å². The lowest BCUT2D eigenvalue weighted by atomic mass is 10.4. The number of rotatable bonds is 1. The predicted octanol–water partition coefficient (Wildman–Crippen LogP) is 0.215. The first-order chi connectivity index (χ1) is 6.84. The third kappa shape index (κ3) is 8.81. The summed E-state index contributed by atoms with van der Waals surface area (Å²) in [5.74, 6) is -0.847. The summed E-state index contributed by atoms with van der Waals surface area (Å²) in [6.45, 7) is 0. The molecule has 0 fully saturated rings. The summed E-state index contributed by atoms with van der Waals surface area (Å²) in [4.78, 5) is 17.5. The number of carbonyl (C=O) groups excluding carboxylic acids is 1. The molecule has 0 aliphatic heterocycles. The third-order valence-corrected chi connectivity index (χ3v) is 0.957. The van der Waals surface area contributed by atoms with Gasteiger partial charge >= 0.3 is 5.97 Å². The molecule has 0 aromatic carbocycles. The molecule has 1 aromatic heterocycles. The fourth-order valence-corrected chi connectivity index (χ4v) is 0.530. The number of nitrogens with zero attached hydrogens (tertiary/aromatic N) is 1. The molecule has 15 heavy (non-hydrogen) atoms. The zero-order valence-electron chi connectivity index (χ0n) is 7.69. The minimum absolute atomic E-state index is 0.0880. The molecule has 7 nitrogen and oxygen atoms in total. The van der Waals surface area contributed by atoms with Gasteiger partial charge in [-0.1, -0.05) is 6.07 Å². The summed E-state index contributed by atoms with van der Waals surface area (Å²) in [5, 5.41) is 7.90. The molecule has 0 atom stereocenters. The summed E-state index contributed by atoms with van der Waals surface area (Å²) in [5.41, 5.74) is 0.0880. The van der Waals surface area contributed by atoms with Crippen molar-refractivity contribution in [1.29, 1.82) is 0 Å². The first-order valence-corrected chi connectivity index (χ1v) is 5.38. The van der Waals surface area contributed by atoms with E-state index >= 15 is 0 Å². The number of pyridine rings is 1. The van der Waals surface area contributed by atoms with Crippen LogP contribution in [0.3, 0.4) is 0 Å². The highest BCUT2D eigenvalue weighted by Gasteiger charge is 2.05. The van der Waals surface area contributed by atoms with E-state index in [1.54, 1.807) is 12.1 Å². The van der Waals surface area contributed by atoms with Crippen molar-refractivity contribution >= 4 is 16.1 Å². The minimum atomic E-state index is -3.67. The Balaban J connectivity index is 0.000000336. The van der Waals surface area contributed by atoms with Crippen LogP contribution in [0.1, 0.15) is 10.5 Å². The lowest BCUT2D eigenvalue weighted by molar-refractivity contribution is -0.183. The first kappa shape index (κ1) is 13.5. The molecule has 0 radical (unpaired) electrons. The van der Waals surface area contributed by atoms with Gasteiger partial charge in [0.1, 0.15) is 0 Å². The van der Waals surface area contributed by atoms with E-state index in [4.69, 9.17) is 9.81 Å². The van der Waals surface area contributed by atoms with Gasteiger partial charge in [0.15, 0.2) is 5.69 Å². The monoisotopic (exact) mass is 235 g/mol. The zero-order valence-corrected chi connectivity index (χ0v) is 8.51. The Morgan fingerprint density at radius 2 is 2.00 bits per heavy atom. The molecule has 0 saturated heterocycles. The molecule has 2 N–H and O–H groups in total. The van der Waals surface area contributed by atoms with Crippen LogP contribution < -0.4 is 0 Å². The summed E-state index contributed by atoms with van der Waals surface area (Å²) >= 11 is 0. The maximum Gasteiger partial charge on any atom is 0.390 e. The highest BCUT2D eigenvalue weighted by Crippen LogP contribution is 1.93. The van der Waals surface area contributed by atoms with E-state index in [1.807, 2.05) is 0 Å². The van der Waals surface area contributed by atoms with Crippen molar-refractivity contribution in [2.75, 3.05) is 6.26 Å². The minimum Gasteiger partial charge on any atom is -0.294 e. The van der Waals surface area contributed by atoms with Crippen LogP contribution in [0.5, 0.6) is 0 Å². The molecule has 8 heteroatoms. The van der Waals surface area contributed by atoms with Gasteiger partial charge in [0.05, 0.1) is 6.26 Å².